The lowest BCUT2D eigenvalue weighted by atomic mass is 10.1. The first kappa shape index (κ1) is 21.2. The highest BCUT2D eigenvalue weighted by molar-refractivity contribution is 14.0. The molecule has 2 rings (SSSR count). The molecule has 0 aliphatic carbocycles. The van der Waals surface area contributed by atoms with E-state index >= 15 is 0 Å². The second-order valence-electron chi connectivity index (χ2n) is 6.43. The van der Waals surface area contributed by atoms with Gasteiger partial charge in [0.05, 0.1) is 0 Å². The lowest BCUT2D eigenvalue weighted by Gasteiger charge is -2.23. The van der Waals surface area contributed by atoms with Crippen LogP contribution in [0.25, 0.3) is 10.9 Å². The third kappa shape index (κ3) is 5.88. The molecule has 2 aromatic rings. The van der Waals surface area contributed by atoms with E-state index in [2.05, 4.69) is 72.0 Å². The molecule has 0 bridgehead atoms. The van der Waals surface area contributed by atoms with Crippen molar-refractivity contribution in [3.8, 4) is 0 Å². The second kappa shape index (κ2) is 9.56. The van der Waals surface area contributed by atoms with Gasteiger partial charge in [0.15, 0.2) is 5.96 Å². The third-order valence-corrected chi connectivity index (χ3v) is 5.32. The molecule has 0 aliphatic rings. The van der Waals surface area contributed by atoms with Gasteiger partial charge in [-0.3, -0.25) is 4.99 Å². The molecule has 134 valence electrons. The van der Waals surface area contributed by atoms with Crippen molar-refractivity contribution in [3.63, 3.8) is 0 Å². The summed E-state index contributed by atoms with van der Waals surface area (Å²) in [6.45, 7) is 8.32. The molecule has 0 radical (unpaired) electrons. The number of guanidine groups is 1. The van der Waals surface area contributed by atoms with E-state index in [1.54, 1.807) is 0 Å². The van der Waals surface area contributed by atoms with Crippen molar-refractivity contribution in [1.82, 2.24) is 15.6 Å². The molecule has 0 unspecified atom stereocenters. The number of benzene rings is 1. The maximum absolute atomic E-state index is 4.30. The summed E-state index contributed by atoms with van der Waals surface area (Å²) >= 11 is 1.85. The highest BCUT2D eigenvalue weighted by Crippen LogP contribution is 2.20. The number of thioether (sulfide) groups is 1. The van der Waals surface area contributed by atoms with E-state index in [9.17, 15) is 0 Å². The SMILES string of the molecule is CN=C(NCCc1c[nH]c2cc(C)ccc12)NCC(C)(C)SC.I. The topological polar surface area (TPSA) is 52.2 Å². The van der Waals surface area contributed by atoms with Crippen LogP contribution in [0.4, 0.5) is 0 Å². The molecular weight excluding hydrogens is 431 g/mol. The molecule has 6 heteroatoms. The first-order valence-electron chi connectivity index (χ1n) is 8.01. The van der Waals surface area contributed by atoms with E-state index in [1.807, 2.05) is 18.8 Å². The van der Waals surface area contributed by atoms with Gasteiger partial charge in [0.2, 0.25) is 0 Å². The largest absolute Gasteiger partial charge is 0.361 e. The van der Waals surface area contributed by atoms with Crippen LogP contribution in [0.2, 0.25) is 0 Å². The van der Waals surface area contributed by atoms with Crippen LogP contribution in [0.15, 0.2) is 29.4 Å². The summed E-state index contributed by atoms with van der Waals surface area (Å²) in [5, 5.41) is 8.10. The maximum atomic E-state index is 4.30. The van der Waals surface area contributed by atoms with Crippen LogP contribution in [0, 0.1) is 6.92 Å². The number of aryl methyl sites for hydroxylation is 1. The number of nitrogens with one attached hydrogen (secondary N) is 3. The molecule has 4 nitrogen and oxygen atoms in total. The Morgan fingerprint density at radius 3 is 2.71 bits per heavy atom. The minimum absolute atomic E-state index is 0. The summed E-state index contributed by atoms with van der Waals surface area (Å²) in [7, 11) is 1.82. The van der Waals surface area contributed by atoms with Crippen molar-refractivity contribution in [3.05, 3.63) is 35.5 Å². The summed E-state index contributed by atoms with van der Waals surface area (Å²) in [4.78, 5) is 7.65. The van der Waals surface area contributed by atoms with Crippen molar-refractivity contribution in [2.45, 2.75) is 31.9 Å². The number of hydrogen-bond acceptors (Lipinski definition) is 2. The van der Waals surface area contributed by atoms with Crippen molar-refractivity contribution in [2.75, 3.05) is 26.4 Å². The van der Waals surface area contributed by atoms with Crippen LogP contribution in [0.5, 0.6) is 0 Å². The zero-order chi connectivity index (χ0) is 16.9. The molecule has 1 heterocycles. The summed E-state index contributed by atoms with van der Waals surface area (Å²) < 4.78 is 0.201. The standard InChI is InChI=1S/C18H28N4S.HI/c1-13-6-7-15-14(11-21-16(15)10-13)8-9-20-17(19-4)22-12-18(2,3)23-5;/h6-7,10-11,21H,8-9,12H2,1-5H3,(H2,19,20,22);1H. The van der Waals surface area contributed by atoms with Crippen LogP contribution < -0.4 is 10.6 Å². The fourth-order valence-electron chi connectivity index (χ4n) is 2.41. The Morgan fingerprint density at radius 1 is 1.29 bits per heavy atom. The van der Waals surface area contributed by atoms with Crippen molar-refractivity contribution in [1.29, 1.82) is 0 Å². The Morgan fingerprint density at radius 2 is 2.04 bits per heavy atom. The van der Waals surface area contributed by atoms with E-state index in [-0.39, 0.29) is 28.7 Å². The van der Waals surface area contributed by atoms with Gasteiger partial charge in [0, 0.05) is 42.0 Å². The molecular formula is C18H29IN4S. The van der Waals surface area contributed by atoms with Gasteiger partial charge in [-0.15, -0.1) is 24.0 Å². The van der Waals surface area contributed by atoms with Gasteiger partial charge in [-0.25, -0.2) is 0 Å². The quantitative estimate of drug-likeness (QED) is 0.348. The summed E-state index contributed by atoms with van der Waals surface area (Å²) in [6.07, 6.45) is 5.21. The summed E-state index contributed by atoms with van der Waals surface area (Å²) in [5.41, 5.74) is 3.83. The summed E-state index contributed by atoms with van der Waals surface area (Å²) in [6, 6.07) is 6.56. The number of nitrogens with zero attached hydrogens (tertiary/aromatic N) is 1. The van der Waals surface area contributed by atoms with Gasteiger partial charge in [-0.2, -0.15) is 11.8 Å². The number of aromatic amines is 1. The van der Waals surface area contributed by atoms with Gasteiger partial charge in [0.25, 0.3) is 0 Å². The average molecular weight is 460 g/mol. The van der Waals surface area contributed by atoms with Crippen LogP contribution in [-0.2, 0) is 6.42 Å². The zero-order valence-corrected chi connectivity index (χ0v) is 18.3. The number of halogens is 1. The number of rotatable bonds is 6. The normalized spacial score (nSPS) is 12.1. The molecule has 0 saturated carbocycles. The van der Waals surface area contributed by atoms with Gasteiger partial charge in [0.1, 0.15) is 0 Å². The van der Waals surface area contributed by atoms with Gasteiger partial charge < -0.3 is 15.6 Å². The number of hydrogen-bond donors (Lipinski definition) is 3. The smallest absolute Gasteiger partial charge is 0.191 e. The van der Waals surface area contributed by atoms with Crippen molar-refractivity contribution >= 4 is 52.6 Å². The molecule has 0 atom stereocenters. The van der Waals surface area contributed by atoms with Gasteiger partial charge in [-0.1, -0.05) is 12.1 Å². The lowest BCUT2D eigenvalue weighted by molar-refractivity contribution is 0.664. The van der Waals surface area contributed by atoms with E-state index in [4.69, 9.17) is 0 Å². The van der Waals surface area contributed by atoms with Crippen LogP contribution in [0.1, 0.15) is 25.0 Å². The Balaban J connectivity index is 0.00000288. The first-order chi connectivity index (χ1) is 10.9. The molecule has 0 spiro atoms. The fraction of sp³-hybridized carbons (Fsp3) is 0.500. The third-order valence-electron chi connectivity index (χ3n) is 4.07. The van der Waals surface area contributed by atoms with E-state index in [1.165, 1.54) is 22.0 Å². The minimum Gasteiger partial charge on any atom is -0.361 e. The van der Waals surface area contributed by atoms with Crippen LogP contribution in [-0.4, -0.2) is 42.1 Å². The van der Waals surface area contributed by atoms with Crippen molar-refractivity contribution in [2.24, 2.45) is 4.99 Å². The van der Waals surface area contributed by atoms with Crippen molar-refractivity contribution < 1.29 is 0 Å². The zero-order valence-electron chi connectivity index (χ0n) is 15.2. The van der Waals surface area contributed by atoms with E-state index < -0.39 is 0 Å². The molecule has 1 aromatic carbocycles. The average Bonchev–Trinajstić information content (AvgIpc) is 2.92. The molecule has 1 aromatic heterocycles. The molecule has 24 heavy (non-hydrogen) atoms. The molecule has 0 saturated heterocycles. The van der Waals surface area contributed by atoms with Crippen LogP contribution >= 0.6 is 35.7 Å². The number of fused-ring (bicyclic) bond motifs is 1. The van der Waals surface area contributed by atoms with E-state index in [0.717, 1.165) is 25.5 Å². The monoisotopic (exact) mass is 460 g/mol. The molecule has 0 fully saturated rings. The van der Waals surface area contributed by atoms with Crippen LogP contribution in [0.3, 0.4) is 0 Å². The Labute approximate surface area is 166 Å². The molecule has 3 N–H and O–H groups in total. The van der Waals surface area contributed by atoms with E-state index in [0.29, 0.717) is 0 Å². The predicted molar refractivity (Wildman–Crippen MR) is 119 cm³/mol. The Kier molecular flexibility index (Phi) is 8.42. The Bertz CT molecular complexity index is 679. The molecule has 0 amide bonds. The minimum atomic E-state index is 0. The molecule has 0 aliphatic heterocycles. The lowest BCUT2D eigenvalue weighted by Crippen LogP contribution is -2.43. The fourth-order valence-corrected chi connectivity index (χ4v) is 2.63. The highest BCUT2D eigenvalue weighted by atomic mass is 127. The number of H-pyrrole nitrogens is 1. The van der Waals surface area contributed by atoms with Gasteiger partial charge in [-0.05, 0) is 50.6 Å². The number of aliphatic imine (C=N–C) groups is 1. The first-order valence-corrected chi connectivity index (χ1v) is 9.24. The second-order valence-corrected chi connectivity index (χ2v) is 7.94. The Hall–Kier alpha value is -0.890. The van der Waals surface area contributed by atoms with Gasteiger partial charge >= 0.3 is 0 Å². The maximum Gasteiger partial charge on any atom is 0.191 e. The summed E-state index contributed by atoms with van der Waals surface area (Å²) in [5.74, 6) is 0.864. The number of aromatic nitrogens is 1. The highest BCUT2D eigenvalue weighted by Gasteiger charge is 2.16. The predicted octanol–water partition coefficient (Wildman–Crippen LogP) is 3.94.